The molecule has 0 spiro atoms. The van der Waals surface area contributed by atoms with Crippen LogP contribution in [0, 0.1) is 0 Å². The van der Waals surface area contributed by atoms with Gasteiger partial charge in [0.1, 0.15) is 0 Å². The summed E-state index contributed by atoms with van der Waals surface area (Å²) in [5, 5.41) is 2.85. The van der Waals surface area contributed by atoms with Gasteiger partial charge < -0.3 is 5.32 Å². The van der Waals surface area contributed by atoms with Crippen molar-refractivity contribution >= 4 is 33.4 Å². The van der Waals surface area contributed by atoms with Gasteiger partial charge in [0.2, 0.25) is 15.9 Å². The lowest BCUT2D eigenvalue weighted by Crippen LogP contribution is -2.37. The summed E-state index contributed by atoms with van der Waals surface area (Å²) in [6.07, 6.45) is 5.42. The zero-order chi connectivity index (χ0) is 19.3. The summed E-state index contributed by atoms with van der Waals surface area (Å²) in [6, 6.07) is 15.0. The minimum absolute atomic E-state index is 0.148. The van der Waals surface area contributed by atoms with Crippen LogP contribution in [0.3, 0.4) is 0 Å². The molecule has 0 fully saturated rings. The Morgan fingerprint density at radius 3 is 2.70 bits per heavy atom. The number of hydrogen-bond donors (Lipinski definition) is 1. The van der Waals surface area contributed by atoms with Crippen molar-refractivity contribution in [3.05, 3.63) is 65.7 Å². The van der Waals surface area contributed by atoms with Crippen LogP contribution >= 0.6 is 0 Å². The second kappa shape index (κ2) is 8.39. The molecule has 0 unspecified atom stereocenters. The van der Waals surface area contributed by atoms with E-state index >= 15 is 0 Å². The number of hydrogen-bond acceptors (Lipinski definition) is 3. The van der Waals surface area contributed by atoms with E-state index in [0.717, 1.165) is 29.7 Å². The lowest BCUT2D eigenvalue weighted by atomic mass is 10.0. The van der Waals surface area contributed by atoms with Crippen LogP contribution in [-0.4, -0.2) is 26.6 Å². The lowest BCUT2D eigenvalue weighted by Gasteiger charge is -2.30. The number of nitrogens with zero attached hydrogens (tertiary/aromatic N) is 1. The maximum absolute atomic E-state index is 12.5. The number of aryl methyl sites for hydroxylation is 1. The Labute approximate surface area is 160 Å². The maximum atomic E-state index is 12.5. The van der Waals surface area contributed by atoms with E-state index in [0.29, 0.717) is 18.7 Å². The number of rotatable bonds is 6. The molecule has 0 saturated heterocycles. The van der Waals surface area contributed by atoms with Gasteiger partial charge in [-0.1, -0.05) is 37.3 Å². The SMILES string of the molecule is CCCS(=O)(=O)N1CCCc2cc(NC(=O)/C=C/c3ccccc3)ccc21. The van der Waals surface area contributed by atoms with E-state index < -0.39 is 10.0 Å². The van der Waals surface area contributed by atoms with Gasteiger partial charge >= 0.3 is 0 Å². The zero-order valence-electron chi connectivity index (χ0n) is 15.4. The first-order valence-corrected chi connectivity index (χ1v) is 10.8. The molecular formula is C21H24N2O3S. The molecule has 1 amide bonds. The Morgan fingerprint density at radius 2 is 1.96 bits per heavy atom. The van der Waals surface area contributed by atoms with Crippen molar-refractivity contribution in [2.75, 3.05) is 21.9 Å². The van der Waals surface area contributed by atoms with Crippen molar-refractivity contribution in [1.29, 1.82) is 0 Å². The summed E-state index contributed by atoms with van der Waals surface area (Å²) in [5.74, 6) is -0.0695. The van der Waals surface area contributed by atoms with E-state index in [1.807, 2.05) is 43.3 Å². The zero-order valence-corrected chi connectivity index (χ0v) is 16.2. The predicted octanol–water partition coefficient (Wildman–Crippen LogP) is 3.83. The van der Waals surface area contributed by atoms with Crippen LogP contribution in [0.5, 0.6) is 0 Å². The van der Waals surface area contributed by atoms with Crippen LogP contribution < -0.4 is 9.62 Å². The third-order valence-electron chi connectivity index (χ3n) is 4.45. The third-order valence-corrected chi connectivity index (χ3v) is 6.42. The van der Waals surface area contributed by atoms with Gasteiger partial charge in [-0.2, -0.15) is 0 Å². The van der Waals surface area contributed by atoms with E-state index in [-0.39, 0.29) is 11.7 Å². The highest BCUT2D eigenvalue weighted by atomic mass is 32.2. The molecule has 6 heteroatoms. The summed E-state index contributed by atoms with van der Waals surface area (Å²) in [5.41, 5.74) is 3.30. The molecule has 142 valence electrons. The molecule has 0 aromatic heterocycles. The Kier molecular flexibility index (Phi) is 5.96. The Balaban J connectivity index is 1.74. The number of anilines is 2. The number of amides is 1. The molecule has 0 aliphatic carbocycles. The number of carbonyl (C=O) groups is 1. The number of nitrogens with one attached hydrogen (secondary N) is 1. The van der Waals surface area contributed by atoms with Gasteiger partial charge in [0.05, 0.1) is 11.4 Å². The molecule has 3 rings (SSSR count). The standard InChI is InChI=1S/C21H24N2O3S/c1-2-15-27(25,26)23-14-6-9-18-16-19(11-12-20(18)23)22-21(24)13-10-17-7-4-3-5-8-17/h3-5,7-8,10-13,16H,2,6,9,14-15H2,1H3,(H,22,24)/b13-10+. The van der Waals surface area contributed by atoms with Gasteiger partial charge in [-0.25, -0.2) is 8.42 Å². The summed E-state index contributed by atoms with van der Waals surface area (Å²) < 4.78 is 26.5. The fourth-order valence-electron chi connectivity index (χ4n) is 3.22. The predicted molar refractivity (Wildman–Crippen MR) is 110 cm³/mol. The van der Waals surface area contributed by atoms with E-state index in [1.165, 1.54) is 10.4 Å². The van der Waals surface area contributed by atoms with Gasteiger partial charge in [-0.05, 0) is 54.7 Å². The maximum Gasteiger partial charge on any atom is 0.248 e. The van der Waals surface area contributed by atoms with E-state index in [1.54, 1.807) is 18.2 Å². The fourth-order valence-corrected chi connectivity index (χ4v) is 4.84. The second-order valence-corrected chi connectivity index (χ2v) is 8.58. The normalized spacial score (nSPS) is 14.2. The van der Waals surface area contributed by atoms with Crippen LogP contribution in [0.2, 0.25) is 0 Å². The molecule has 5 nitrogen and oxygen atoms in total. The molecule has 1 aliphatic heterocycles. The van der Waals surface area contributed by atoms with Gasteiger partial charge in [0.25, 0.3) is 0 Å². The highest BCUT2D eigenvalue weighted by Crippen LogP contribution is 2.32. The molecule has 2 aromatic carbocycles. The van der Waals surface area contributed by atoms with Crippen molar-refractivity contribution in [1.82, 2.24) is 0 Å². The smallest absolute Gasteiger partial charge is 0.248 e. The van der Waals surface area contributed by atoms with E-state index in [2.05, 4.69) is 5.32 Å². The quantitative estimate of drug-likeness (QED) is 0.770. The van der Waals surface area contributed by atoms with Crippen LogP contribution in [0.4, 0.5) is 11.4 Å². The molecular weight excluding hydrogens is 360 g/mol. The first-order valence-electron chi connectivity index (χ1n) is 9.17. The number of carbonyl (C=O) groups excluding carboxylic acids is 1. The molecule has 0 saturated carbocycles. The van der Waals surface area contributed by atoms with Crippen molar-refractivity contribution in [3.8, 4) is 0 Å². The van der Waals surface area contributed by atoms with Gasteiger partial charge in [0, 0.05) is 18.3 Å². The average molecular weight is 385 g/mol. The molecule has 0 radical (unpaired) electrons. The van der Waals surface area contributed by atoms with Gasteiger partial charge in [0.15, 0.2) is 0 Å². The number of sulfonamides is 1. The summed E-state index contributed by atoms with van der Waals surface area (Å²) in [4.78, 5) is 12.2. The lowest BCUT2D eigenvalue weighted by molar-refractivity contribution is -0.111. The van der Waals surface area contributed by atoms with Crippen LogP contribution in [0.15, 0.2) is 54.6 Å². The Hall–Kier alpha value is -2.60. The average Bonchev–Trinajstić information content (AvgIpc) is 2.66. The second-order valence-electron chi connectivity index (χ2n) is 6.57. The third kappa shape index (κ3) is 4.77. The van der Waals surface area contributed by atoms with E-state index in [9.17, 15) is 13.2 Å². The van der Waals surface area contributed by atoms with Crippen molar-refractivity contribution in [2.24, 2.45) is 0 Å². The first-order chi connectivity index (χ1) is 13.0. The highest BCUT2D eigenvalue weighted by molar-refractivity contribution is 7.92. The summed E-state index contributed by atoms with van der Waals surface area (Å²) >= 11 is 0. The van der Waals surface area contributed by atoms with Crippen LogP contribution in [0.25, 0.3) is 6.08 Å². The number of fused-ring (bicyclic) bond motifs is 1. The van der Waals surface area contributed by atoms with Crippen molar-refractivity contribution in [2.45, 2.75) is 26.2 Å². The molecule has 1 aliphatic rings. The number of benzene rings is 2. The molecule has 2 aromatic rings. The Bertz CT molecular complexity index is 937. The minimum atomic E-state index is -3.29. The minimum Gasteiger partial charge on any atom is -0.323 e. The largest absolute Gasteiger partial charge is 0.323 e. The monoisotopic (exact) mass is 384 g/mol. The topological polar surface area (TPSA) is 66.5 Å². The summed E-state index contributed by atoms with van der Waals surface area (Å²) in [6.45, 7) is 2.38. The van der Waals surface area contributed by atoms with Crippen molar-refractivity contribution < 1.29 is 13.2 Å². The molecule has 1 N–H and O–H groups in total. The first kappa shape index (κ1) is 19.2. The van der Waals surface area contributed by atoms with Crippen LogP contribution in [0.1, 0.15) is 30.9 Å². The molecule has 0 bridgehead atoms. The van der Waals surface area contributed by atoms with Gasteiger partial charge in [-0.15, -0.1) is 0 Å². The molecule has 1 heterocycles. The highest BCUT2D eigenvalue weighted by Gasteiger charge is 2.26. The molecule has 0 atom stereocenters. The van der Waals surface area contributed by atoms with Crippen LogP contribution in [-0.2, 0) is 21.2 Å². The Morgan fingerprint density at radius 1 is 1.19 bits per heavy atom. The van der Waals surface area contributed by atoms with Gasteiger partial charge in [-0.3, -0.25) is 9.10 Å². The van der Waals surface area contributed by atoms with Crippen molar-refractivity contribution in [3.63, 3.8) is 0 Å². The van der Waals surface area contributed by atoms with E-state index in [4.69, 9.17) is 0 Å². The summed E-state index contributed by atoms with van der Waals surface area (Å²) in [7, 11) is -3.29. The fraction of sp³-hybridized carbons (Fsp3) is 0.286. The molecule has 27 heavy (non-hydrogen) atoms.